The van der Waals surface area contributed by atoms with Crippen LogP contribution in [0.3, 0.4) is 0 Å². The SMILES string of the molecule is CC[C@@H](NC(=O)c1ccc(-c2ccc(=O)n(C)n2)cc1)c1ccnn1C. The van der Waals surface area contributed by atoms with Crippen LogP contribution in [0.4, 0.5) is 0 Å². The third kappa shape index (κ3) is 3.56. The molecule has 134 valence electrons. The first-order valence-corrected chi connectivity index (χ1v) is 8.43. The van der Waals surface area contributed by atoms with E-state index in [1.165, 1.54) is 10.7 Å². The summed E-state index contributed by atoms with van der Waals surface area (Å²) in [6.45, 7) is 2.02. The van der Waals surface area contributed by atoms with Gasteiger partial charge in [-0.25, -0.2) is 4.68 Å². The van der Waals surface area contributed by atoms with Gasteiger partial charge in [-0.05, 0) is 30.7 Å². The Morgan fingerprint density at radius 3 is 2.38 bits per heavy atom. The molecule has 0 unspecified atom stereocenters. The molecular weight excluding hydrogens is 330 g/mol. The van der Waals surface area contributed by atoms with Gasteiger partial charge in [0, 0.05) is 37.5 Å². The summed E-state index contributed by atoms with van der Waals surface area (Å²) in [7, 11) is 3.47. The Morgan fingerprint density at radius 1 is 1.08 bits per heavy atom. The lowest BCUT2D eigenvalue weighted by Crippen LogP contribution is -2.29. The maximum absolute atomic E-state index is 12.6. The largest absolute Gasteiger partial charge is 0.344 e. The monoisotopic (exact) mass is 351 g/mol. The zero-order chi connectivity index (χ0) is 18.7. The molecule has 1 amide bonds. The molecule has 1 atom stereocenters. The molecule has 26 heavy (non-hydrogen) atoms. The van der Waals surface area contributed by atoms with Crippen molar-refractivity contribution >= 4 is 5.91 Å². The highest BCUT2D eigenvalue weighted by Gasteiger charge is 2.17. The van der Waals surface area contributed by atoms with Gasteiger partial charge in [0.2, 0.25) is 0 Å². The number of nitrogens with zero attached hydrogens (tertiary/aromatic N) is 4. The van der Waals surface area contributed by atoms with Crippen molar-refractivity contribution in [2.24, 2.45) is 14.1 Å². The maximum atomic E-state index is 12.6. The first kappa shape index (κ1) is 17.6. The zero-order valence-electron chi connectivity index (χ0n) is 15.0. The summed E-state index contributed by atoms with van der Waals surface area (Å²) in [6, 6.07) is 12.1. The van der Waals surface area contributed by atoms with Crippen LogP contribution in [0.2, 0.25) is 0 Å². The van der Waals surface area contributed by atoms with Gasteiger partial charge in [-0.1, -0.05) is 19.1 Å². The van der Waals surface area contributed by atoms with Crippen molar-refractivity contribution in [3.8, 4) is 11.3 Å². The Kier molecular flexibility index (Phi) is 4.97. The molecule has 0 radical (unpaired) electrons. The van der Waals surface area contributed by atoms with E-state index in [0.717, 1.165) is 17.7 Å². The van der Waals surface area contributed by atoms with E-state index in [0.29, 0.717) is 11.3 Å². The van der Waals surface area contributed by atoms with E-state index in [9.17, 15) is 9.59 Å². The molecule has 3 rings (SSSR count). The molecule has 7 heteroatoms. The van der Waals surface area contributed by atoms with Crippen LogP contribution in [-0.4, -0.2) is 25.5 Å². The Balaban J connectivity index is 1.77. The van der Waals surface area contributed by atoms with Crippen molar-refractivity contribution in [3.63, 3.8) is 0 Å². The lowest BCUT2D eigenvalue weighted by atomic mass is 10.1. The Hall–Kier alpha value is -3.22. The molecule has 2 heterocycles. The van der Waals surface area contributed by atoms with Crippen LogP contribution in [0, 0.1) is 0 Å². The fourth-order valence-corrected chi connectivity index (χ4v) is 2.80. The number of hydrogen-bond donors (Lipinski definition) is 1. The maximum Gasteiger partial charge on any atom is 0.266 e. The summed E-state index contributed by atoms with van der Waals surface area (Å²) in [5.41, 5.74) is 2.90. The minimum Gasteiger partial charge on any atom is -0.344 e. The van der Waals surface area contributed by atoms with Gasteiger partial charge < -0.3 is 5.32 Å². The van der Waals surface area contributed by atoms with Gasteiger partial charge in [-0.2, -0.15) is 10.2 Å². The Bertz CT molecular complexity index is 972. The zero-order valence-corrected chi connectivity index (χ0v) is 15.0. The molecule has 0 fully saturated rings. The number of amides is 1. The van der Waals surface area contributed by atoms with Crippen LogP contribution in [0.25, 0.3) is 11.3 Å². The minimum atomic E-state index is -0.162. The lowest BCUT2D eigenvalue weighted by Gasteiger charge is -2.17. The molecular formula is C19H21N5O2. The molecule has 2 aromatic heterocycles. The molecule has 3 aromatic rings. The van der Waals surface area contributed by atoms with E-state index >= 15 is 0 Å². The fourth-order valence-electron chi connectivity index (χ4n) is 2.80. The normalized spacial score (nSPS) is 12.0. The van der Waals surface area contributed by atoms with E-state index in [1.54, 1.807) is 36.1 Å². The van der Waals surface area contributed by atoms with Crippen molar-refractivity contribution in [3.05, 3.63) is 70.3 Å². The predicted molar refractivity (Wildman–Crippen MR) is 98.6 cm³/mol. The number of rotatable bonds is 5. The van der Waals surface area contributed by atoms with Crippen molar-refractivity contribution in [2.45, 2.75) is 19.4 Å². The number of aromatic nitrogens is 4. The van der Waals surface area contributed by atoms with Crippen molar-refractivity contribution in [1.29, 1.82) is 0 Å². The second kappa shape index (κ2) is 7.35. The Morgan fingerprint density at radius 2 is 1.81 bits per heavy atom. The quantitative estimate of drug-likeness (QED) is 0.763. The molecule has 0 aliphatic heterocycles. The second-order valence-corrected chi connectivity index (χ2v) is 6.07. The fraction of sp³-hybridized carbons (Fsp3) is 0.263. The summed E-state index contributed by atoms with van der Waals surface area (Å²) in [5.74, 6) is -0.141. The first-order chi connectivity index (χ1) is 12.5. The average molecular weight is 351 g/mol. The molecule has 0 spiro atoms. The molecule has 0 saturated carbocycles. The topological polar surface area (TPSA) is 81.8 Å². The number of carbonyl (C=O) groups excluding carboxylic acids is 1. The van der Waals surface area contributed by atoms with Crippen LogP contribution < -0.4 is 10.9 Å². The van der Waals surface area contributed by atoms with Gasteiger partial charge in [-0.3, -0.25) is 14.3 Å². The van der Waals surface area contributed by atoms with Crippen molar-refractivity contribution < 1.29 is 4.79 Å². The van der Waals surface area contributed by atoms with Crippen molar-refractivity contribution in [1.82, 2.24) is 24.9 Å². The number of nitrogens with one attached hydrogen (secondary N) is 1. The summed E-state index contributed by atoms with van der Waals surface area (Å²) in [6.07, 6.45) is 2.49. The highest BCUT2D eigenvalue weighted by molar-refractivity contribution is 5.94. The van der Waals surface area contributed by atoms with Gasteiger partial charge in [0.25, 0.3) is 11.5 Å². The van der Waals surface area contributed by atoms with Crippen molar-refractivity contribution in [2.75, 3.05) is 0 Å². The number of aryl methyl sites for hydroxylation is 2. The van der Waals surface area contributed by atoms with Crippen LogP contribution >= 0.6 is 0 Å². The van der Waals surface area contributed by atoms with Gasteiger partial charge in [0.1, 0.15) is 0 Å². The number of carbonyl (C=O) groups is 1. The summed E-state index contributed by atoms with van der Waals surface area (Å²) < 4.78 is 3.05. The van der Waals surface area contributed by atoms with Crippen LogP contribution in [0.15, 0.2) is 53.5 Å². The first-order valence-electron chi connectivity index (χ1n) is 8.43. The summed E-state index contributed by atoms with van der Waals surface area (Å²) >= 11 is 0. The summed E-state index contributed by atoms with van der Waals surface area (Å²) in [5, 5.41) is 11.4. The van der Waals surface area contributed by atoms with Crippen LogP contribution in [0.5, 0.6) is 0 Å². The average Bonchev–Trinajstić information content (AvgIpc) is 3.08. The van der Waals surface area contributed by atoms with E-state index in [2.05, 4.69) is 15.5 Å². The van der Waals surface area contributed by atoms with Gasteiger partial charge >= 0.3 is 0 Å². The third-order valence-electron chi connectivity index (χ3n) is 4.33. The smallest absolute Gasteiger partial charge is 0.266 e. The Labute approximate surface area is 151 Å². The molecule has 1 N–H and O–H groups in total. The van der Waals surface area contributed by atoms with Gasteiger partial charge in [-0.15, -0.1) is 0 Å². The predicted octanol–water partition coefficient (Wildman–Crippen LogP) is 2.06. The third-order valence-corrected chi connectivity index (χ3v) is 4.33. The lowest BCUT2D eigenvalue weighted by molar-refractivity contribution is 0.0934. The highest BCUT2D eigenvalue weighted by atomic mass is 16.1. The molecule has 0 saturated heterocycles. The van der Waals surface area contributed by atoms with Gasteiger partial charge in [0.05, 0.1) is 17.4 Å². The van der Waals surface area contributed by atoms with Gasteiger partial charge in [0.15, 0.2) is 0 Å². The molecule has 1 aromatic carbocycles. The standard InChI is InChI=1S/C19H21N5O2/c1-4-15(17-11-12-20-23(17)2)21-19(26)14-7-5-13(6-8-14)16-9-10-18(25)24(3)22-16/h5-12,15H,4H2,1-3H3,(H,21,26)/t15-/m1/s1. The van der Waals surface area contributed by atoms with Crippen LogP contribution in [-0.2, 0) is 14.1 Å². The summed E-state index contributed by atoms with van der Waals surface area (Å²) in [4.78, 5) is 24.0. The second-order valence-electron chi connectivity index (χ2n) is 6.07. The highest BCUT2D eigenvalue weighted by Crippen LogP contribution is 2.18. The molecule has 7 nitrogen and oxygen atoms in total. The number of hydrogen-bond acceptors (Lipinski definition) is 4. The van der Waals surface area contributed by atoms with E-state index in [4.69, 9.17) is 0 Å². The van der Waals surface area contributed by atoms with E-state index in [-0.39, 0.29) is 17.5 Å². The molecule has 0 aliphatic carbocycles. The van der Waals surface area contributed by atoms with E-state index in [1.807, 2.05) is 32.2 Å². The van der Waals surface area contributed by atoms with Crippen LogP contribution in [0.1, 0.15) is 35.4 Å². The minimum absolute atomic E-state index is 0.0972. The molecule has 0 aliphatic rings. The molecule has 0 bridgehead atoms. The van der Waals surface area contributed by atoms with E-state index < -0.39 is 0 Å². The number of benzene rings is 1.